The molecule has 1 fully saturated rings. The Labute approximate surface area is 208 Å². The smallest absolute Gasteiger partial charge is 0.253 e. The average Bonchev–Trinajstić information content (AvgIpc) is 3.38. The lowest BCUT2D eigenvalue weighted by Gasteiger charge is -2.33. The van der Waals surface area contributed by atoms with Crippen molar-refractivity contribution in [3.05, 3.63) is 84.1 Å². The molecule has 1 aliphatic rings. The molecule has 2 aromatic carbocycles. The second kappa shape index (κ2) is 12.1. The molecule has 1 saturated heterocycles. The lowest BCUT2D eigenvalue weighted by atomic mass is 10.1. The Morgan fingerprint density at radius 3 is 2.19 bits per heavy atom. The fourth-order valence-corrected chi connectivity index (χ4v) is 3.93. The molecule has 0 bridgehead atoms. The summed E-state index contributed by atoms with van der Waals surface area (Å²) in [5.41, 5.74) is 1.23. The van der Waals surface area contributed by atoms with E-state index in [2.05, 4.69) is 16.0 Å². The van der Waals surface area contributed by atoms with E-state index in [1.54, 1.807) is 48.5 Å². The first-order valence-corrected chi connectivity index (χ1v) is 11.7. The van der Waals surface area contributed by atoms with E-state index in [1.165, 1.54) is 18.4 Å². The molecule has 9 nitrogen and oxygen atoms in total. The molecule has 2 heterocycles. The Hall–Kier alpha value is -4.02. The van der Waals surface area contributed by atoms with Crippen LogP contribution < -0.4 is 16.0 Å². The highest BCUT2D eigenvalue weighted by atomic mass is 19.1. The van der Waals surface area contributed by atoms with Crippen LogP contribution in [-0.4, -0.2) is 66.8 Å². The Morgan fingerprint density at radius 2 is 1.53 bits per heavy atom. The van der Waals surface area contributed by atoms with Gasteiger partial charge >= 0.3 is 0 Å². The predicted octanol–water partition coefficient (Wildman–Crippen LogP) is 2.54. The molecule has 10 heteroatoms. The van der Waals surface area contributed by atoms with Crippen molar-refractivity contribution in [3.63, 3.8) is 0 Å². The predicted molar refractivity (Wildman–Crippen MR) is 133 cm³/mol. The van der Waals surface area contributed by atoms with Crippen LogP contribution in [0.4, 0.5) is 15.8 Å². The van der Waals surface area contributed by atoms with Gasteiger partial charge in [-0.05, 0) is 42.5 Å². The van der Waals surface area contributed by atoms with Gasteiger partial charge in [-0.2, -0.15) is 0 Å². The number of carbonyl (C=O) groups is 3. The molecule has 4 rings (SSSR count). The maximum Gasteiger partial charge on any atom is 0.253 e. The Balaban J connectivity index is 1.21. The number of nitrogens with zero attached hydrogens (tertiary/aromatic N) is 2. The molecular weight excluding hydrogens is 465 g/mol. The number of anilines is 2. The first kappa shape index (κ1) is 25.1. The Morgan fingerprint density at radius 1 is 0.833 bits per heavy atom. The topological polar surface area (TPSA) is 107 Å². The molecule has 188 valence electrons. The number of para-hydroxylation sites is 1. The van der Waals surface area contributed by atoms with E-state index in [0.29, 0.717) is 48.9 Å². The lowest BCUT2D eigenvalue weighted by molar-refractivity contribution is -0.120. The molecule has 1 aromatic heterocycles. The summed E-state index contributed by atoms with van der Waals surface area (Å²) < 4.78 is 18.5. The molecule has 3 aromatic rings. The Bertz CT molecular complexity index is 1190. The van der Waals surface area contributed by atoms with Gasteiger partial charge in [0.15, 0.2) is 0 Å². The average molecular weight is 494 g/mol. The van der Waals surface area contributed by atoms with E-state index in [4.69, 9.17) is 4.42 Å². The molecular formula is C26H28FN5O4. The number of hydrogen-bond donors (Lipinski definition) is 3. The van der Waals surface area contributed by atoms with Crippen LogP contribution in [-0.2, 0) is 16.1 Å². The molecule has 1 aliphatic heterocycles. The second-order valence-electron chi connectivity index (χ2n) is 8.47. The highest BCUT2D eigenvalue weighted by Crippen LogP contribution is 2.16. The number of piperazine rings is 1. The van der Waals surface area contributed by atoms with Crippen molar-refractivity contribution in [2.24, 2.45) is 0 Å². The molecule has 0 radical (unpaired) electrons. The minimum absolute atomic E-state index is 0.172. The number of rotatable bonds is 9. The van der Waals surface area contributed by atoms with E-state index < -0.39 is 5.82 Å². The molecule has 3 amide bonds. The minimum atomic E-state index is -0.406. The van der Waals surface area contributed by atoms with Crippen LogP contribution in [0.15, 0.2) is 71.3 Å². The van der Waals surface area contributed by atoms with Crippen molar-refractivity contribution >= 4 is 29.1 Å². The van der Waals surface area contributed by atoms with Crippen molar-refractivity contribution in [3.8, 4) is 0 Å². The molecule has 0 saturated carbocycles. The van der Waals surface area contributed by atoms with Crippen molar-refractivity contribution in [1.82, 2.24) is 15.1 Å². The van der Waals surface area contributed by atoms with Gasteiger partial charge in [0.2, 0.25) is 11.8 Å². The monoisotopic (exact) mass is 493 g/mol. The standard InChI is InChI=1S/C26H28FN5O4/c27-19-5-3-6-20(15-19)29-24(33)17-31-10-12-32(13-11-31)18-25(34)30-23-9-2-1-8-22(23)26(35)28-16-21-7-4-14-36-21/h1-9,14-15H,10-13,16-18H2,(H,28,35)(H,29,33)(H,30,34). The number of nitrogens with one attached hydrogen (secondary N) is 3. The van der Waals surface area contributed by atoms with Crippen LogP contribution >= 0.6 is 0 Å². The van der Waals surface area contributed by atoms with E-state index in [0.717, 1.165) is 0 Å². The van der Waals surface area contributed by atoms with Crippen LogP contribution in [0.1, 0.15) is 16.1 Å². The summed E-state index contributed by atoms with van der Waals surface area (Å²) in [6, 6.07) is 16.1. The first-order valence-electron chi connectivity index (χ1n) is 11.7. The maximum atomic E-state index is 13.3. The van der Waals surface area contributed by atoms with Gasteiger partial charge in [0.05, 0.1) is 37.1 Å². The summed E-state index contributed by atoms with van der Waals surface area (Å²) in [7, 11) is 0. The van der Waals surface area contributed by atoms with E-state index in [1.807, 2.05) is 9.80 Å². The third kappa shape index (κ3) is 7.24. The van der Waals surface area contributed by atoms with Gasteiger partial charge in [-0.3, -0.25) is 24.2 Å². The number of halogens is 1. The highest BCUT2D eigenvalue weighted by Gasteiger charge is 2.21. The van der Waals surface area contributed by atoms with Crippen molar-refractivity contribution in [1.29, 1.82) is 0 Å². The molecule has 0 spiro atoms. The lowest BCUT2D eigenvalue weighted by Crippen LogP contribution is -2.50. The molecule has 36 heavy (non-hydrogen) atoms. The summed E-state index contributed by atoms with van der Waals surface area (Å²) in [6.07, 6.45) is 1.54. The van der Waals surface area contributed by atoms with Crippen molar-refractivity contribution in [2.45, 2.75) is 6.54 Å². The maximum absolute atomic E-state index is 13.3. The second-order valence-corrected chi connectivity index (χ2v) is 8.47. The number of benzene rings is 2. The zero-order valence-corrected chi connectivity index (χ0v) is 19.7. The van der Waals surface area contributed by atoms with E-state index in [9.17, 15) is 18.8 Å². The van der Waals surface area contributed by atoms with Gasteiger partial charge in [0.25, 0.3) is 5.91 Å². The van der Waals surface area contributed by atoms with Crippen LogP contribution in [0.3, 0.4) is 0 Å². The van der Waals surface area contributed by atoms with Crippen LogP contribution in [0.2, 0.25) is 0 Å². The van der Waals surface area contributed by atoms with Gasteiger partial charge in [0, 0.05) is 31.9 Å². The summed E-state index contributed by atoms with van der Waals surface area (Å²) in [5, 5.41) is 8.31. The van der Waals surface area contributed by atoms with Gasteiger partial charge in [-0.25, -0.2) is 4.39 Å². The van der Waals surface area contributed by atoms with Gasteiger partial charge in [-0.15, -0.1) is 0 Å². The molecule has 0 aliphatic carbocycles. The van der Waals surface area contributed by atoms with E-state index in [-0.39, 0.29) is 37.4 Å². The third-order valence-electron chi connectivity index (χ3n) is 5.76. The molecule has 0 unspecified atom stereocenters. The largest absolute Gasteiger partial charge is 0.467 e. The quantitative estimate of drug-likeness (QED) is 0.423. The van der Waals surface area contributed by atoms with E-state index >= 15 is 0 Å². The minimum Gasteiger partial charge on any atom is -0.467 e. The van der Waals surface area contributed by atoms with Crippen LogP contribution in [0.5, 0.6) is 0 Å². The van der Waals surface area contributed by atoms with Gasteiger partial charge in [-0.1, -0.05) is 18.2 Å². The third-order valence-corrected chi connectivity index (χ3v) is 5.76. The fraction of sp³-hybridized carbons (Fsp3) is 0.269. The van der Waals surface area contributed by atoms with Crippen molar-refractivity contribution < 1.29 is 23.2 Å². The van der Waals surface area contributed by atoms with Crippen molar-refractivity contribution in [2.75, 3.05) is 49.9 Å². The fourth-order valence-electron chi connectivity index (χ4n) is 3.93. The van der Waals surface area contributed by atoms with Crippen LogP contribution in [0.25, 0.3) is 0 Å². The molecule has 3 N–H and O–H groups in total. The number of furan rings is 1. The van der Waals surface area contributed by atoms with Gasteiger partial charge < -0.3 is 20.4 Å². The number of amides is 3. The SMILES string of the molecule is O=C(CN1CCN(CC(=O)Nc2ccccc2C(=O)NCc2ccco2)CC1)Nc1cccc(F)c1. The molecule has 0 atom stereocenters. The normalized spacial score (nSPS) is 14.2. The number of hydrogen-bond acceptors (Lipinski definition) is 6. The zero-order chi connectivity index (χ0) is 25.3. The Kier molecular flexibility index (Phi) is 8.43. The summed E-state index contributed by atoms with van der Waals surface area (Å²) in [4.78, 5) is 41.5. The summed E-state index contributed by atoms with van der Waals surface area (Å²) in [6.45, 7) is 3.09. The summed E-state index contributed by atoms with van der Waals surface area (Å²) >= 11 is 0. The highest BCUT2D eigenvalue weighted by molar-refractivity contribution is 6.04. The summed E-state index contributed by atoms with van der Waals surface area (Å²) in [5.74, 6) is -0.521. The zero-order valence-electron chi connectivity index (χ0n) is 19.7. The van der Waals surface area contributed by atoms with Crippen LogP contribution in [0, 0.1) is 5.82 Å². The van der Waals surface area contributed by atoms with Gasteiger partial charge in [0.1, 0.15) is 11.6 Å². The number of carbonyl (C=O) groups excluding carboxylic acids is 3. The first-order chi connectivity index (χ1) is 17.5.